The highest BCUT2D eigenvalue weighted by atomic mass is 79.9. The molecule has 0 aliphatic heterocycles. The molecule has 0 atom stereocenters. The number of ketones is 2. The number of nitrogens with zero attached hydrogens (tertiary/aromatic N) is 6. The molecule has 21 heteroatoms. The molecule has 0 unspecified atom stereocenters. The number of fused-ring (bicyclic) bond motifs is 3. The molecule has 0 aliphatic carbocycles. The quantitative estimate of drug-likeness (QED) is 0.0855. The van der Waals surface area contributed by atoms with Gasteiger partial charge < -0.3 is 25.8 Å². The topological polar surface area (TPSA) is 222 Å². The van der Waals surface area contributed by atoms with Crippen molar-refractivity contribution in [2.75, 3.05) is 0 Å². The first-order chi connectivity index (χ1) is 33.4. The van der Waals surface area contributed by atoms with Crippen LogP contribution in [0.15, 0.2) is 155 Å². The summed E-state index contributed by atoms with van der Waals surface area (Å²) >= 11 is 21.7. The first-order valence-corrected chi connectivity index (χ1v) is 25.2. The average Bonchev–Trinajstić information content (AvgIpc) is 4.25. The van der Waals surface area contributed by atoms with Crippen LogP contribution in [-0.2, 0) is 19.4 Å². The van der Waals surface area contributed by atoms with Gasteiger partial charge in [0.05, 0.1) is 38.3 Å². The number of carbonyl (C=O) groups is 3. The fourth-order valence-corrected chi connectivity index (χ4v) is 9.65. The Hall–Kier alpha value is -6.29. The first-order valence-electron chi connectivity index (χ1n) is 20.4. The van der Waals surface area contributed by atoms with Crippen LogP contribution >= 0.6 is 89.1 Å². The van der Waals surface area contributed by atoms with Gasteiger partial charge in [-0.2, -0.15) is 0 Å². The van der Waals surface area contributed by atoms with Gasteiger partial charge in [0.15, 0.2) is 7.83 Å². The molecule has 6 N–H and O–H groups in total. The van der Waals surface area contributed by atoms with Crippen molar-refractivity contribution in [1.29, 1.82) is 0 Å². The van der Waals surface area contributed by atoms with Crippen LogP contribution < -0.4 is 5.73 Å². The molecule has 9 heterocycles. The highest BCUT2D eigenvalue weighted by molar-refractivity contribution is 9.11. The number of carbonyl (C=O) groups excluding carboxylic acids is 2. The van der Waals surface area contributed by atoms with Gasteiger partial charge >= 0.3 is 5.97 Å². The lowest BCUT2D eigenvalue weighted by Crippen LogP contribution is -1.97. The number of thiazole rings is 3. The van der Waals surface area contributed by atoms with Gasteiger partial charge in [-0.25, -0.2) is 34.7 Å². The predicted molar refractivity (Wildman–Crippen MR) is 282 cm³/mol. The molecular weight excluding hydrogens is 1110 g/mol. The Balaban J connectivity index is 0.000000138. The van der Waals surface area contributed by atoms with Gasteiger partial charge in [-0.15, -0.1) is 34.0 Å². The Kier molecular flexibility index (Phi) is 18.2. The largest absolute Gasteiger partial charge is 0.477 e. The smallest absolute Gasteiger partial charge is 0.347 e. The fourth-order valence-electron chi connectivity index (χ4n) is 6.20. The maximum Gasteiger partial charge on any atom is 0.347 e. The number of hydrogen-bond acceptors (Lipinski definition) is 13. The lowest BCUT2D eigenvalue weighted by Gasteiger charge is -1.99. The zero-order valence-corrected chi connectivity index (χ0v) is 42.8. The molecular formula is C48H36Br2Cl2N10O4S3. The minimum atomic E-state index is -0.932. The molecule has 69 heavy (non-hydrogen) atoms. The van der Waals surface area contributed by atoms with Crippen LogP contribution in [0.5, 0.6) is 0 Å². The Morgan fingerprint density at radius 2 is 1.06 bits per heavy atom. The van der Waals surface area contributed by atoms with E-state index in [4.69, 9.17) is 34.0 Å². The first kappa shape index (κ1) is 50.6. The summed E-state index contributed by atoms with van der Waals surface area (Å²) in [5.74, 6) is -0.986. The SMILES string of the molecule is NCc1ccc(Cl)cc1.O=C(O)c1cnc(Br)s1.O=C(c1cnc(Br)s1)c1c[nH]c2ncccc12.O=C(c1cnc(CCc2ccc(Cl)cc2)s1)c1c[nH]c2ncccc12.c1cnc2[nH]ccc2c1. The summed E-state index contributed by atoms with van der Waals surface area (Å²) in [4.78, 5) is 70.3. The van der Waals surface area contributed by atoms with E-state index in [0.717, 1.165) is 77.9 Å². The van der Waals surface area contributed by atoms with Crippen molar-refractivity contribution in [2.45, 2.75) is 19.4 Å². The van der Waals surface area contributed by atoms with Crippen LogP contribution in [0.3, 0.4) is 0 Å². The van der Waals surface area contributed by atoms with E-state index in [1.807, 2.05) is 97.2 Å². The van der Waals surface area contributed by atoms with Gasteiger partial charge in [-0.05, 0) is 116 Å². The molecule has 9 aromatic heterocycles. The van der Waals surface area contributed by atoms with E-state index >= 15 is 0 Å². The van der Waals surface area contributed by atoms with Crippen LogP contribution in [0.25, 0.3) is 33.1 Å². The number of pyridine rings is 3. The second-order valence-corrected chi connectivity index (χ2v) is 20.7. The lowest BCUT2D eigenvalue weighted by atomic mass is 10.1. The summed E-state index contributed by atoms with van der Waals surface area (Å²) in [5, 5.41) is 13.6. The predicted octanol–water partition coefficient (Wildman–Crippen LogP) is 12.7. The third-order valence-corrected chi connectivity index (χ3v) is 14.1. The summed E-state index contributed by atoms with van der Waals surface area (Å²) in [6.07, 6.45) is 16.7. The summed E-state index contributed by atoms with van der Waals surface area (Å²) in [6, 6.07) is 28.7. The van der Waals surface area contributed by atoms with E-state index in [9.17, 15) is 14.4 Å². The number of aryl methyl sites for hydroxylation is 2. The molecule has 14 nitrogen and oxygen atoms in total. The van der Waals surface area contributed by atoms with Crippen LogP contribution in [0.2, 0.25) is 10.0 Å². The van der Waals surface area contributed by atoms with Crippen molar-refractivity contribution in [3.05, 3.63) is 207 Å². The molecule has 0 spiro atoms. The molecule has 0 aliphatic rings. The number of nitrogens with one attached hydrogen (secondary N) is 3. The number of hydrogen-bond donors (Lipinski definition) is 5. The normalized spacial score (nSPS) is 10.5. The Morgan fingerprint density at radius 3 is 1.55 bits per heavy atom. The van der Waals surface area contributed by atoms with E-state index in [1.54, 1.807) is 43.4 Å². The summed E-state index contributed by atoms with van der Waals surface area (Å²) in [5.41, 5.74) is 11.3. The zero-order valence-electron chi connectivity index (χ0n) is 35.6. The van der Waals surface area contributed by atoms with Crippen molar-refractivity contribution in [3.8, 4) is 0 Å². The fraction of sp³-hybridized carbons (Fsp3) is 0.0625. The van der Waals surface area contributed by atoms with Gasteiger partial charge in [-0.3, -0.25) is 9.59 Å². The van der Waals surface area contributed by atoms with E-state index in [2.05, 4.69) is 76.7 Å². The molecule has 0 bridgehead atoms. The standard InChI is InChI=1S/C19H14ClN3OS.C11H6BrN3OS.C7H8ClN.C7H6N2.C4H2BrNO2S/c20-13-6-3-12(4-7-13)5-8-17-22-11-16(25-17)18(24)15-10-23-19-14(15)2-1-9-21-19;12-11-15-5-8(17-11)9(16)7-4-14-10-6(7)2-1-3-13-10;8-7-3-1-6(5-9)2-4-7;1-2-6-3-5-9-7(6)8-4-1;5-4-6-1-2(9-4)3(7)8/h1-4,6-7,9-11H,5,8H2,(H,21,23);1-5H,(H,13,14);1-4H,5,9H2;1-5H,(H,8,9);1H,(H,7,8). The van der Waals surface area contributed by atoms with E-state index in [-0.39, 0.29) is 16.4 Å². The van der Waals surface area contributed by atoms with Gasteiger partial charge in [0, 0.05) is 82.5 Å². The van der Waals surface area contributed by atoms with E-state index < -0.39 is 5.97 Å². The Bertz CT molecular complexity index is 3410. The van der Waals surface area contributed by atoms with Gasteiger partial charge in [0.25, 0.3) is 0 Å². The second kappa shape index (κ2) is 24.8. The highest BCUT2D eigenvalue weighted by Gasteiger charge is 2.18. The minimum absolute atomic E-state index is 0.0190. The molecule has 11 aromatic rings. The number of aromatic carboxylic acids is 1. The highest BCUT2D eigenvalue weighted by Crippen LogP contribution is 2.26. The van der Waals surface area contributed by atoms with E-state index in [0.29, 0.717) is 35.3 Å². The van der Waals surface area contributed by atoms with Gasteiger partial charge in [0.1, 0.15) is 21.8 Å². The second-order valence-electron chi connectivity index (χ2n) is 14.1. The van der Waals surface area contributed by atoms with Crippen molar-refractivity contribution in [2.24, 2.45) is 5.73 Å². The van der Waals surface area contributed by atoms with Crippen LogP contribution in [0.1, 0.15) is 56.3 Å². The number of rotatable bonds is 9. The van der Waals surface area contributed by atoms with Gasteiger partial charge in [-0.1, -0.05) is 47.5 Å². The molecule has 2 aromatic carbocycles. The number of benzene rings is 2. The van der Waals surface area contributed by atoms with Crippen molar-refractivity contribution < 1.29 is 19.5 Å². The number of halogens is 4. The molecule has 0 fully saturated rings. The molecule has 11 rings (SSSR count). The monoisotopic (exact) mass is 1140 g/mol. The van der Waals surface area contributed by atoms with Gasteiger partial charge in [0.2, 0.25) is 11.6 Å². The number of nitrogens with two attached hydrogens (primary N) is 1. The zero-order chi connectivity index (χ0) is 48.7. The molecule has 0 saturated heterocycles. The summed E-state index contributed by atoms with van der Waals surface area (Å²) in [7, 11) is 0. The molecule has 0 radical (unpaired) electrons. The third kappa shape index (κ3) is 14.1. The Morgan fingerprint density at radius 1 is 0.565 bits per heavy atom. The summed E-state index contributed by atoms with van der Waals surface area (Å²) < 4.78 is 1.30. The van der Waals surface area contributed by atoms with Crippen molar-refractivity contribution in [1.82, 2.24) is 44.9 Å². The lowest BCUT2D eigenvalue weighted by molar-refractivity contribution is 0.0701. The summed E-state index contributed by atoms with van der Waals surface area (Å²) in [6.45, 7) is 0.581. The maximum absolute atomic E-state index is 12.8. The third-order valence-electron chi connectivity index (χ3n) is 9.57. The number of aromatic nitrogens is 9. The average molecular weight is 1140 g/mol. The van der Waals surface area contributed by atoms with Crippen molar-refractivity contribution >= 4 is 140 Å². The number of H-pyrrole nitrogens is 3. The van der Waals surface area contributed by atoms with Crippen LogP contribution in [-0.4, -0.2) is 67.5 Å². The minimum Gasteiger partial charge on any atom is -0.477 e. The van der Waals surface area contributed by atoms with E-state index in [1.165, 1.54) is 34.4 Å². The number of carboxylic acids is 1. The number of carboxylic acid groups (broad SMARTS) is 1. The van der Waals surface area contributed by atoms with Crippen molar-refractivity contribution in [3.63, 3.8) is 0 Å². The molecule has 348 valence electrons. The van der Waals surface area contributed by atoms with Crippen LogP contribution in [0.4, 0.5) is 0 Å². The number of aromatic amines is 3. The Labute approximate surface area is 432 Å². The maximum atomic E-state index is 12.8. The van der Waals surface area contributed by atoms with Crippen LogP contribution in [0, 0.1) is 0 Å². The molecule has 0 saturated carbocycles. The molecule has 0 amide bonds.